The van der Waals surface area contributed by atoms with Gasteiger partial charge in [0.25, 0.3) is 0 Å². The topological polar surface area (TPSA) is 3.24 Å². The van der Waals surface area contributed by atoms with Crippen LogP contribution in [-0.2, 0) is 0 Å². The van der Waals surface area contributed by atoms with E-state index in [1.54, 1.807) is 6.07 Å². The number of rotatable bonds is 1. The van der Waals surface area contributed by atoms with Gasteiger partial charge in [-0.05, 0) is 46.0 Å². The molecule has 0 aliphatic carbocycles. The van der Waals surface area contributed by atoms with E-state index in [2.05, 4.69) is 34.7 Å². The van der Waals surface area contributed by atoms with E-state index >= 15 is 0 Å². The summed E-state index contributed by atoms with van der Waals surface area (Å²) in [6.07, 6.45) is 0. The minimum absolute atomic E-state index is 0.184. The molecule has 1 saturated heterocycles. The van der Waals surface area contributed by atoms with Crippen molar-refractivity contribution in [3.8, 4) is 0 Å². The van der Waals surface area contributed by atoms with Gasteiger partial charge in [-0.15, -0.1) is 0 Å². The van der Waals surface area contributed by atoms with Crippen LogP contribution in [0.25, 0.3) is 0 Å². The molecule has 1 aromatic rings. The fraction of sp³-hybridized carbons (Fsp3) is 0.500. The van der Waals surface area contributed by atoms with E-state index in [1.807, 2.05) is 13.0 Å². The van der Waals surface area contributed by atoms with Crippen molar-refractivity contribution >= 4 is 21.6 Å². The maximum atomic E-state index is 13.2. The number of aryl methyl sites for hydroxylation is 1. The highest BCUT2D eigenvalue weighted by molar-refractivity contribution is 9.10. The van der Waals surface area contributed by atoms with Gasteiger partial charge in [0.2, 0.25) is 0 Å². The minimum Gasteiger partial charge on any atom is -0.370 e. The van der Waals surface area contributed by atoms with Crippen LogP contribution in [0.4, 0.5) is 10.1 Å². The van der Waals surface area contributed by atoms with Crippen molar-refractivity contribution in [3.05, 3.63) is 28.0 Å². The second kappa shape index (κ2) is 3.48. The fourth-order valence-electron chi connectivity index (χ4n) is 2.13. The maximum absolute atomic E-state index is 13.2. The first kappa shape index (κ1) is 10.9. The molecule has 15 heavy (non-hydrogen) atoms. The van der Waals surface area contributed by atoms with Crippen LogP contribution in [-0.4, -0.2) is 13.1 Å². The zero-order valence-corrected chi connectivity index (χ0v) is 10.9. The quantitative estimate of drug-likeness (QED) is 0.752. The molecule has 2 rings (SSSR count). The van der Waals surface area contributed by atoms with Gasteiger partial charge >= 0.3 is 0 Å². The van der Waals surface area contributed by atoms with Gasteiger partial charge in [0.15, 0.2) is 0 Å². The lowest BCUT2D eigenvalue weighted by Gasteiger charge is -2.48. The molecule has 1 aliphatic heterocycles. The number of benzene rings is 1. The van der Waals surface area contributed by atoms with Gasteiger partial charge in [-0.2, -0.15) is 0 Å². The molecule has 3 heteroatoms. The molecule has 1 nitrogen and oxygen atoms in total. The molecule has 1 heterocycles. The van der Waals surface area contributed by atoms with Gasteiger partial charge in [0, 0.05) is 18.8 Å². The number of hydrogen-bond acceptors (Lipinski definition) is 1. The van der Waals surface area contributed by atoms with Crippen molar-refractivity contribution in [2.24, 2.45) is 5.41 Å². The van der Waals surface area contributed by atoms with Gasteiger partial charge in [-0.3, -0.25) is 0 Å². The third-order valence-electron chi connectivity index (χ3n) is 2.82. The van der Waals surface area contributed by atoms with Gasteiger partial charge in [-0.25, -0.2) is 4.39 Å². The summed E-state index contributed by atoms with van der Waals surface area (Å²) < 4.78 is 13.8. The molecule has 1 fully saturated rings. The monoisotopic (exact) mass is 271 g/mol. The van der Waals surface area contributed by atoms with Crippen molar-refractivity contribution in [1.29, 1.82) is 0 Å². The van der Waals surface area contributed by atoms with E-state index in [1.165, 1.54) is 0 Å². The number of nitrogens with zero attached hydrogens (tertiary/aromatic N) is 1. The van der Waals surface area contributed by atoms with E-state index in [0.29, 0.717) is 9.89 Å². The third kappa shape index (κ3) is 2.03. The molecule has 0 radical (unpaired) electrons. The average molecular weight is 272 g/mol. The third-order valence-corrected chi connectivity index (χ3v) is 3.43. The average Bonchev–Trinajstić information content (AvgIpc) is 2.07. The number of halogens is 2. The van der Waals surface area contributed by atoms with Gasteiger partial charge in [-0.1, -0.05) is 13.8 Å². The molecule has 0 amide bonds. The molecule has 1 aliphatic rings. The summed E-state index contributed by atoms with van der Waals surface area (Å²) in [6.45, 7) is 8.54. The summed E-state index contributed by atoms with van der Waals surface area (Å²) in [5, 5.41) is 0. The zero-order valence-electron chi connectivity index (χ0n) is 9.27. The molecular formula is C12H15BrFN. The Hall–Kier alpha value is -0.570. The Morgan fingerprint density at radius 2 is 1.93 bits per heavy atom. The fourth-order valence-corrected chi connectivity index (χ4v) is 2.47. The predicted octanol–water partition coefficient (Wildman–Crippen LogP) is 3.74. The Morgan fingerprint density at radius 1 is 1.33 bits per heavy atom. The summed E-state index contributed by atoms with van der Waals surface area (Å²) >= 11 is 3.23. The van der Waals surface area contributed by atoms with Gasteiger partial charge in [0.05, 0.1) is 4.47 Å². The van der Waals surface area contributed by atoms with Crippen LogP contribution in [0.5, 0.6) is 0 Å². The lowest BCUT2D eigenvalue weighted by atomic mass is 9.83. The van der Waals surface area contributed by atoms with Crippen LogP contribution < -0.4 is 4.90 Å². The Balaban J connectivity index is 2.27. The molecule has 0 unspecified atom stereocenters. The summed E-state index contributed by atoms with van der Waals surface area (Å²) in [4.78, 5) is 2.29. The maximum Gasteiger partial charge on any atom is 0.137 e. The minimum atomic E-state index is -0.184. The van der Waals surface area contributed by atoms with Crippen molar-refractivity contribution < 1.29 is 4.39 Å². The summed E-state index contributed by atoms with van der Waals surface area (Å²) in [5.74, 6) is -0.184. The molecule has 82 valence electrons. The molecular weight excluding hydrogens is 257 g/mol. The Kier molecular flexibility index (Phi) is 2.53. The summed E-state index contributed by atoms with van der Waals surface area (Å²) in [5.41, 5.74) is 2.54. The van der Waals surface area contributed by atoms with Crippen LogP contribution in [0.3, 0.4) is 0 Å². The standard InChI is InChI=1S/C12H15BrFN/c1-8-4-10(14)9(13)5-11(8)15-6-12(2,3)7-15/h4-5H,6-7H2,1-3H3. The molecule has 0 N–H and O–H groups in total. The second-order valence-corrected chi connectivity index (χ2v) is 5.93. The van der Waals surface area contributed by atoms with Crippen molar-refractivity contribution in [3.63, 3.8) is 0 Å². The SMILES string of the molecule is Cc1cc(F)c(Br)cc1N1CC(C)(C)C1. The van der Waals surface area contributed by atoms with Crippen LogP contribution in [0.15, 0.2) is 16.6 Å². The predicted molar refractivity (Wildman–Crippen MR) is 64.8 cm³/mol. The van der Waals surface area contributed by atoms with E-state index < -0.39 is 0 Å². The van der Waals surface area contributed by atoms with Crippen LogP contribution in [0.1, 0.15) is 19.4 Å². The van der Waals surface area contributed by atoms with E-state index in [9.17, 15) is 4.39 Å². The van der Waals surface area contributed by atoms with Gasteiger partial charge in [0.1, 0.15) is 5.82 Å². The molecule has 0 bridgehead atoms. The molecule has 0 aromatic heterocycles. The first-order valence-corrected chi connectivity index (χ1v) is 5.89. The van der Waals surface area contributed by atoms with Crippen molar-refractivity contribution in [1.82, 2.24) is 0 Å². The van der Waals surface area contributed by atoms with Crippen molar-refractivity contribution in [2.45, 2.75) is 20.8 Å². The first-order chi connectivity index (χ1) is 6.89. The summed E-state index contributed by atoms with van der Waals surface area (Å²) in [7, 11) is 0. The molecule has 0 saturated carbocycles. The highest BCUT2D eigenvalue weighted by Crippen LogP contribution is 2.36. The number of hydrogen-bond donors (Lipinski definition) is 0. The molecule has 1 aromatic carbocycles. The normalized spacial score (nSPS) is 18.9. The Morgan fingerprint density at radius 3 is 2.47 bits per heavy atom. The zero-order chi connectivity index (χ0) is 11.2. The Labute approximate surface area is 98.4 Å². The van der Waals surface area contributed by atoms with Crippen LogP contribution >= 0.6 is 15.9 Å². The van der Waals surface area contributed by atoms with E-state index in [-0.39, 0.29) is 5.82 Å². The highest BCUT2D eigenvalue weighted by Gasteiger charge is 2.34. The second-order valence-electron chi connectivity index (χ2n) is 5.07. The van der Waals surface area contributed by atoms with E-state index in [0.717, 1.165) is 24.3 Å². The lowest BCUT2D eigenvalue weighted by Crippen LogP contribution is -2.53. The van der Waals surface area contributed by atoms with Crippen LogP contribution in [0, 0.1) is 18.2 Å². The largest absolute Gasteiger partial charge is 0.370 e. The summed E-state index contributed by atoms with van der Waals surface area (Å²) in [6, 6.07) is 3.46. The Bertz CT molecular complexity index is 393. The number of anilines is 1. The van der Waals surface area contributed by atoms with Crippen LogP contribution in [0.2, 0.25) is 0 Å². The molecule has 0 spiro atoms. The van der Waals surface area contributed by atoms with Crippen molar-refractivity contribution in [2.75, 3.05) is 18.0 Å². The highest BCUT2D eigenvalue weighted by atomic mass is 79.9. The first-order valence-electron chi connectivity index (χ1n) is 5.10. The smallest absolute Gasteiger partial charge is 0.137 e. The van der Waals surface area contributed by atoms with Gasteiger partial charge < -0.3 is 4.90 Å². The lowest BCUT2D eigenvalue weighted by molar-refractivity contribution is 0.276. The van der Waals surface area contributed by atoms with E-state index in [4.69, 9.17) is 0 Å². The molecule has 0 atom stereocenters.